The molecule has 0 spiro atoms. The molecule has 1 fully saturated rings. The molecule has 2 aromatic rings. The molecule has 3 rings (SSSR count). The maximum Gasteiger partial charge on any atom is 0.245 e. The van der Waals surface area contributed by atoms with Gasteiger partial charge in [0.25, 0.3) is 0 Å². The summed E-state index contributed by atoms with van der Waals surface area (Å²) in [6.45, 7) is 7.80. The summed E-state index contributed by atoms with van der Waals surface area (Å²) in [5.74, 6) is -0.0800. The van der Waals surface area contributed by atoms with Crippen molar-refractivity contribution in [2.24, 2.45) is 5.92 Å². The van der Waals surface area contributed by atoms with E-state index in [-0.39, 0.29) is 24.2 Å². The van der Waals surface area contributed by atoms with E-state index >= 15 is 0 Å². The highest BCUT2D eigenvalue weighted by Crippen LogP contribution is 2.16. The smallest absolute Gasteiger partial charge is 0.245 e. The van der Waals surface area contributed by atoms with Crippen LogP contribution in [0.1, 0.15) is 32.3 Å². The van der Waals surface area contributed by atoms with Crippen LogP contribution >= 0.6 is 0 Å². The Bertz CT molecular complexity index is 843. The minimum absolute atomic E-state index is 0.00828. The van der Waals surface area contributed by atoms with Crippen LogP contribution in [0.5, 0.6) is 0 Å². The number of likely N-dealkylation sites (tertiary alicyclic amines) is 1. The Kier molecular flexibility index (Phi) is 7.26. The minimum atomic E-state index is -0.494. The highest BCUT2D eigenvalue weighted by Gasteiger charge is 2.27. The van der Waals surface area contributed by atoms with E-state index in [1.54, 1.807) is 4.90 Å². The number of fused-ring (bicyclic) bond motifs is 1. The molecular formula is C24H33N3O2. The number of carbonyl (C=O) groups excluding carboxylic acids is 2. The van der Waals surface area contributed by atoms with Gasteiger partial charge in [0.2, 0.25) is 11.8 Å². The molecule has 5 nitrogen and oxygen atoms in total. The lowest BCUT2D eigenvalue weighted by Crippen LogP contribution is -2.51. The van der Waals surface area contributed by atoms with Crippen LogP contribution in [0.4, 0.5) is 0 Å². The molecule has 1 unspecified atom stereocenters. The summed E-state index contributed by atoms with van der Waals surface area (Å²) in [6, 6.07) is 13.7. The van der Waals surface area contributed by atoms with Gasteiger partial charge in [-0.1, -0.05) is 56.3 Å². The Labute approximate surface area is 174 Å². The van der Waals surface area contributed by atoms with E-state index in [1.807, 2.05) is 57.3 Å². The topological polar surface area (TPSA) is 52.7 Å². The van der Waals surface area contributed by atoms with Gasteiger partial charge in [-0.3, -0.25) is 9.59 Å². The molecule has 0 bridgehead atoms. The van der Waals surface area contributed by atoms with Crippen molar-refractivity contribution in [3.8, 4) is 0 Å². The molecule has 1 aliphatic rings. The zero-order valence-electron chi connectivity index (χ0n) is 17.9. The zero-order chi connectivity index (χ0) is 20.8. The Morgan fingerprint density at radius 2 is 1.76 bits per heavy atom. The van der Waals surface area contributed by atoms with Gasteiger partial charge in [-0.25, -0.2) is 0 Å². The quantitative estimate of drug-likeness (QED) is 0.747. The normalized spacial score (nSPS) is 15.6. The SMILES string of the molecule is CC(C)C(NC(=O)Cc1ccc2ccccc2c1)C(=O)N(C)CCN1CCCC1. The summed E-state index contributed by atoms with van der Waals surface area (Å²) in [7, 11) is 1.84. The molecule has 1 heterocycles. The van der Waals surface area contributed by atoms with E-state index in [0.29, 0.717) is 6.54 Å². The van der Waals surface area contributed by atoms with Crippen molar-refractivity contribution in [1.82, 2.24) is 15.1 Å². The third-order valence-electron chi connectivity index (χ3n) is 5.75. The van der Waals surface area contributed by atoms with Gasteiger partial charge in [0.15, 0.2) is 0 Å². The lowest BCUT2D eigenvalue weighted by molar-refractivity contribution is -0.136. The van der Waals surface area contributed by atoms with Gasteiger partial charge in [0.05, 0.1) is 6.42 Å². The van der Waals surface area contributed by atoms with E-state index in [0.717, 1.165) is 36.0 Å². The van der Waals surface area contributed by atoms with Gasteiger partial charge in [-0.15, -0.1) is 0 Å². The van der Waals surface area contributed by atoms with Crippen molar-refractivity contribution in [3.05, 3.63) is 48.0 Å². The lowest BCUT2D eigenvalue weighted by atomic mass is 10.0. The number of amides is 2. The van der Waals surface area contributed by atoms with E-state index < -0.39 is 6.04 Å². The average Bonchev–Trinajstić information content (AvgIpc) is 3.23. The standard InChI is InChI=1S/C24H33N3O2/c1-18(2)23(24(29)26(3)14-15-27-12-6-7-13-27)25-22(28)17-19-10-11-20-8-4-5-9-21(20)16-19/h4-5,8-11,16,18,23H,6-7,12-15,17H2,1-3H3,(H,25,28). The summed E-state index contributed by atoms with van der Waals surface area (Å²) < 4.78 is 0. The summed E-state index contributed by atoms with van der Waals surface area (Å²) in [5.41, 5.74) is 0.957. The number of benzene rings is 2. The molecule has 2 aromatic carbocycles. The second kappa shape index (κ2) is 9.88. The first-order valence-corrected chi connectivity index (χ1v) is 10.7. The van der Waals surface area contributed by atoms with Gasteiger partial charge < -0.3 is 15.1 Å². The fourth-order valence-corrected chi connectivity index (χ4v) is 3.92. The molecule has 5 heteroatoms. The molecule has 156 valence electrons. The van der Waals surface area contributed by atoms with Crippen molar-refractivity contribution in [1.29, 1.82) is 0 Å². The zero-order valence-corrected chi connectivity index (χ0v) is 17.9. The second-order valence-electron chi connectivity index (χ2n) is 8.46. The maximum atomic E-state index is 12.9. The van der Waals surface area contributed by atoms with Crippen LogP contribution in [0.15, 0.2) is 42.5 Å². The van der Waals surface area contributed by atoms with Crippen LogP contribution in [0.3, 0.4) is 0 Å². The van der Waals surface area contributed by atoms with Gasteiger partial charge >= 0.3 is 0 Å². The molecule has 2 amide bonds. The first kappa shape index (κ1) is 21.3. The largest absolute Gasteiger partial charge is 0.344 e. The summed E-state index contributed by atoms with van der Waals surface area (Å²) in [5, 5.41) is 5.26. The molecule has 29 heavy (non-hydrogen) atoms. The Balaban J connectivity index is 1.57. The Morgan fingerprint density at radius 3 is 2.45 bits per heavy atom. The van der Waals surface area contributed by atoms with Crippen LogP contribution in [-0.2, 0) is 16.0 Å². The third kappa shape index (κ3) is 5.80. The number of hydrogen-bond donors (Lipinski definition) is 1. The first-order valence-electron chi connectivity index (χ1n) is 10.7. The molecule has 0 aromatic heterocycles. The fourth-order valence-electron chi connectivity index (χ4n) is 3.92. The second-order valence-corrected chi connectivity index (χ2v) is 8.46. The molecular weight excluding hydrogens is 362 g/mol. The van der Waals surface area contributed by atoms with Crippen molar-refractivity contribution >= 4 is 22.6 Å². The van der Waals surface area contributed by atoms with Gasteiger partial charge in [-0.05, 0) is 48.2 Å². The Morgan fingerprint density at radius 1 is 1.07 bits per heavy atom. The average molecular weight is 396 g/mol. The monoisotopic (exact) mass is 395 g/mol. The number of hydrogen-bond acceptors (Lipinski definition) is 3. The number of nitrogens with zero attached hydrogens (tertiary/aromatic N) is 2. The highest BCUT2D eigenvalue weighted by atomic mass is 16.2. The van der Waals surface area contributed by atoms with Crippen LogP contribution < -0.4 is 5.32 Å². The molecule has 1 N–H and O–H groups in total. The number of likely N-dealkylation sites (N-methyl/N-ethyl adjacent to an activating group) is 1. The molecule has 1 atom stereocenters. The fraction of sp³-hybridized carbons (Fsp3) is 0.500. The van der Waals surface area contributed by atoms with Crippen LogP contribution in [0.25, 0.3) is 10.8 Å². The highest BCUT2D eigenvalue weighted by molar-refractivity contribution is 5.89. The van der Waals surface area contributed by atoms with Crippen molar-refractivity contribution in [2.45, 2.75) is 39.2 Å². The van der Waals surface area contributed by atoms with E-state index in [4.69, 9.17) is 0 Å². The number of carbonyl (C=O) groups is 2. The predicted molar refractivity (Wildman–Crippen MR) is 118 cm³/mol. The molecule has 0 aliphatic carbocycles. The van der Waals surface area contributed by atoms with Crippen molar-refractivity contribution in [3.63, 3.8) is 0 Å². The number of nitrogens with one attached hydrogen (secondary N) is 1. The number of rotatable bonds is 8. The molecule has 1 saturated heterocycles. The van der Waals surface area contributed by atoms with Gasteiger partial charge in [0.1, 0.15) is 6.04 Å². The lowest BCUT2D eigenvalue weighted by Gasteiger charge is -2.28. The molecule has 1 aliphatic heterocycles. The van der Waals surface area contributed by atoms with Gasteiger partial charge in [0, 0.05) is 20.1 Å². The third-order valence-corrected chi connectivity index (χ3v) is 5.75. The van der Waals surface area contributed by atoms with Crippen LogP contribution in [0, 0.1) is 5.92 Å². The summed E-state index contributed by atoms with van der Waals surface area (Å²) in [6.07, 6.45) is 2.77. The van der Waals surface area contributed by atoms with E-state index in [9.17, 15) is 9.59 Å². The van der Waals surface area contributed by atoms with E-state index in [2.05, 4.69) is 16.3 Å². The summed E-state index contributed by atoms with van der Waals surface area (Å²) in [4.78, 5) is 29.8. The van der Waals surface area contributed by atoms with Crippen LogP contribution in [-0.4, -0.2) is 60.9 Å². The molecule has 0 radical (unpaired) electrons. The molecule has 0 saturated carbocycles. The minimum Gasteiger partial charge on any atom is -0.344 e. The first-order chi connectivity index (χ1) is 13.9. The van der Waals surface area contributed by atoms with Crippen molar-refractivity contribution < 1.29 is 9.59 Å². The van der Waals surface area contributed by atoms with Gasteiger partial charge in [-0.2, -0.15) is 0 Å². The van der Waals surface area contributed by atoms with E-state index in [1.165, 1.54) is 12.8 Å². The summed E-state index contributed by atoms with van der Waals surface area (Å²) >= 11 is 0. The van der Waals surface area contributed by atoms with Crippen LogP contribution in [0.2, 0.25) is 0 Å². The maximum absolute atomic E-state index is 12.9. The Hall–Kier alpha value is -2.40. The van der Waals surface area contributed by atoms with Crippen molar-refractivity contribution in [2.75, 3.05) is 33.2 Å². The predicted octanol–water partition coefficient (Wildman–Crippen LogP) is 3.08.